The molecule has 3 heteroatoms. The molecule has 0 saturated heterocycles. The third kappa shape index (κ3) is 2.43. The fourth-order valence-electron chi connectivity index (χ4n) is 1.48. The predicted molar refractivity (Wildman–Crippen MR) is 41.1 cm³/mol. The van der Waals surface area contributed by atoms with Crippen LogP contribution in [0.2, 0.25) is 0 Å². The van der Waals surface area contributed by atoms with E-state index in [0.717, 1.165) is 19.3 Å². The van der Waals surface area contributed by atoms with E-state index in [2.05, 4.69) is 0 Å². The molecule has 3 atom stereocenters. The Balaban J connectivity index is 2.42. The van der Waals surface area contributed by atoms with Crippen LogP contribution >= 0.6 is 0 Å². The van der Waals surface area contributed by atoms with Crippen molar-refractivity contribution in [2.45, 2.75) is 50.4 Å². The van der Waals surface area contributed by atoms with Gasteiger partial charge in [0, 0.05) is 0 Å². The summed E-state index contributed by atoms with van der Waals surface area (Å²) in [6, 6.07) is 0. The Morgan fingerprint density at radius 3 is 1.64 bits per heavy atom. The third-order valence-electron chi connectivity index (χ3n) is 2.29. The Bertz CT molecular complexity index is 104. The molecule has 0 aromatic heterocycles. The van der Waals surface area contributed by atoms with Crippen LogP contribution in [0.25, 0.3) is 0 Å². The zero-order valence-corrected chi connectivity index (χ0v) is 6.61. The van der Waals surface area contributed by atoms with Crippen molar-refractivity contribution in [3.8, 4) is 0 Å². The number of hydrogen-bond donors (Lipinski definition) is 3. The smallest absolute Gasteiger partial charge is 0.106 e. The highest BCUT2D eigenvalue weighted by atomic mass is 16.4. The molecule has 0 radical (unpaired) electrons. The SMILES string of the molecule is OC1CCCCC[C@H](O)C1O. The molecule has 0 heterocycles. The Morgan fingerprint density at radius 1 is 0.727 bits per heavy atom. The predicted octanol–water partition coefficient (Wildman–Crippen LogP) is 0.0332. The van der Waals surface area contributed by atoms with E-state index < -0.39 is 18.3 Å². The second-order valence-corrected chi connectivity index (χ2v) is 3.26. The first-order valence-electron chi connectivity index (χ1n) is 4.26. The van der Waals surface area contributed by atoms with Gasteiger partial charge in [-0.3, -0.25) is 0 Å². The van der Waals surface area contributed by atoms with E-state index in [-0.39, 0.29) is 0 Å². The standard InChI is InChI=1S/C8H16O3/c9-6-4-2-1-3-5-7(10)8(6)11/h6-11H,1-5H2/t6-,7?,8?/m0/s1. The summed E-state index contributed by atoms with van der Waals surface area (Å²) in [5.74, 6) is 0. The van der Waals surface area contributed by atoms with Gasteiger partial charge in [-0.1, -0.05) is 19.3 Å². The van der Waals surface area contributed by atoms with Crippen LogP contribution in [-0.2, 0) is 0 Å². The molecular weight excluding hydrogens is 144 g/mol. The first-order valence-corrected chi connectivity index (χ1v) is 4.26. The summed E-state index contributed by atoms with van der Waals surface area (Å²) < 4.78 is 0. The first kappa shape index (κ1) is 8.97. The molecule has 3 nitrogen and oxygen atoms in total. The molecule has 2 unspecified atom stereocenters. The Morgan fingerprint density at radius 2 is 1.18 bits per heavy atom. The zero-order valence-electron chi connectivity index (χ0n) is 6.61. The van der Waals surface area contributed by atoms with Gasteiger partial charge in [-0.05, 0) is 12.8 Å². The van der Waals surface area contributed by atoms with Crippen LogP contribution in [0.15, 0.2) is 0 Å². The molecule has 0 amide bonds. The minimum absolute atomic E-state index is 0.609. The second kappa shape index (κ2) is 4.04. The van der Waals surface area contributed by atoms with Gasteiger partial charge < -0.3 is 15.3 Å². The van der Waals surface area contributed by atoms with Crippen molar-refractivity contribution in [2.24, 2.45) is 0 Å². The van der Waals surface area contributed by atoms with Crippen LogP contribution in [0.1, 0.15) is 32.1 Å². The summed E-state index contributed by atoms with van der Waals surface area (Å²) >= 11 is 0. The van der Waals surface area contributed by atoms with Gasteiger partial charge in [0.1, 0.15) is 6.10 Å². The maximum Gasteiger partial charge on any atom is 0.106 e. The van der Waals surface area contributed by atoms with Crippen LogP contribution in [-0.4, -0.2) is 33.6 Å². The molecule has 0 aromatic carbocycles. The number of aliphatic hydroxyl groups excluding tert-OH is 3. The van der Waals surface area contributed by atoms with E-state index in [4.69, 9.17) is 0 Å². The van der Waals surface area contributed by atoms with Gasteiger partial charge >= 0.3 is 0 Å². The molecule has 1 aliphatic rings. The van der Waals surface area contributed by atoms with Crippen LogP contribution in [0, 0.1) is 0 Å². The normalized spacial score (nSPS) is 41.2. The lowest BCUT2D eigenvalue weighted by Crippen LogP contribution is -2.38. The number of hydrogen-bond acceptors (Lipinski definition) is 3. The van der Waals surface area contributed by atoms with Crippen molar-refractivity contribution in [1.82, 2.24) is 0 Å². The monoisotopic (exact) mass is 160 g/mol. The van der Waals surface area contributed by atoms with Gasteiger partial charge in [-0.15, -0.1) is 0 Å². The fraction of sp³-hybridized carbons (Fsp3) is 1.00. The molecule has 11 heavy (non-hydrogen) atoms. The molecule has 0 spiro atoms. The minimum Gasteiger partial charge on any atom is -0.390 e. The van der Waals surface area contributed by atoms with Crippen molar-refractivity contribution in [2.75, 3.05) is 0 Å². The van der Waals surface area contributed by atoms with Gasteiger partial charge in [0.15, 0.2) is 0 Å². The molecule has 3 N–H and O–H groups in total. The quantitative estimate of drug-likeness (QED) is 0.468. The summed E-state index contributed by atoms with van der Waals surface area (Å²) in [6.45, 7) is 0. The first-order chi connectivity index (χ1) is 5.22. The van der Waals surface area contributed by atoms with Crippen molar-refractivity contribution in [3.63, 3.8) is 0 Å². The second-order valence-electron chi connectivity index (χ2n) is 3.26. The summed E-state index contributed by atoms with van der Waals surface area (Å²) in [5, 5.41) is 27.7. The Kier molecular flexibility index (Phi) is 3.30. The Hall–Kier alpha value is -0.120. The summed E-state index contributed by atoms with van der Waals surface area (Å²) in [6.07, 6.45) is 1.76. The minimum atomic E-state index is -0.935. The lowest BCUT2D eigenvalue weighted by Gasteiger charge is -2.25. The average molecular weight is 160 g/mol. The summed E-state index contributed by atoms with van der Waals surface area (Å²) in [7, 11) is 0. The highest BCUT2D eigenvalue weighted by molar-refractivity contribution is 4.77. The molecule has 1 saturated carbocycles. The number of aliphatic hydroxyl groups is 3. The third-order valence-corrected chi connectivity index (χ3v) is 2.29. The van der Waals surface area contributed by atoms with Crippen LogP contribution in [0.3, 0.4) is 0 Å². The van der Waals surface area contributed by atoms with E-state index in [9.17, 15) is 15.3 Å². The van der Waals surface area contributed by atoms with Crippen molar-refractivity contribution in [3.05, 3.63) is 0 Å². The van der Waals surface area contributed by atoms with Crippen molar-refractivity contribution >= 4 is 0 Å². The van der Waals surface area contributed by atoms with Gasteiger partial charge in [0.2, 0.25) is 0 Å². The topological polar surface area (TPSA) is 60.7 Å². The highest BCUT2D eigenvalue weighted by Gasteiger charge is 2.25. The largest absolute Gasteiger partial charge is 0.390 e. The lowest BCUT2D eigenvalue weighted by atomic mass is 9.94. The van der Waals surface area contributed by atoms with Crippen LogP contribution in [0.4, 0.5) is 0 Å². The van der Waals surface area contributed by atoms with Crippen molar-refractivity contribution < 1.29 is 15.3 Å². The van der Waals surface area contributed by atoms with E-state index >= 15 is 0 Å². The summed E-state index contributed by atoms with van der Waals surface area (Å²) in [5.41, 5.74) is 0. The van der Waals surface area contributed by atoms with Crippen LogP contribution < -0.4 is 0 Å². The molecular formula is C8H16O3. The molecule has 1 aliphatic carbocycles. The van der Waals surface area contributed by atoms with E-state index in [1.54, 1.807) is 0 Å². The Labute approximate surface area is 66.7 Å². The lowest BCUT2D eigenvalue weighted by molar-refractivity contribution is -0.0698. The summed E-state index contributed by atoms with van der Waals surface area (Å²) in [4.78, 5) is 0. The van der Waals surface area contributed by atoms with Crippen molar-refractivity contribution in [1.29, 1.82) is 0 Å². The van der Waals surface area contributed by atoms with E-state index in [0.29, 0.717) is 12.8 Å². The fourth-order valence-corrected chi connectivity index (χ4v) is 1.48. The average Bonchev–Trinajstić information content (AvgIpc) is 2.00. The molecule has 1 rings (SSSR count). The molecule has 0 aliphatic heterocycles. The van der Waals surface area contributed by atoms with E-state index in [1.165, 1.54) is 0 Å². The molecule has 0 aromatic rings. The van der Waals surface area contributed by atoms with Crippen LogP contribution in [0.5, 0.6) is 0 Å². The molecule has 66 valence electrons. The maximum absolute atomic E-state index is 9.25. The zero-order chi connectivity index (χ0) is 8.27. The highest BCUT2D eigenvalue weighted by Crippen LogP contribution is 2.17. The van der Waals surface area contributed by atoms with E-state index in [1.807, 2.05) is 0 Å². The number of rotatable bonds is 0. The van der Waals surface area contributed by atoms with Gasteiger partial charge in [0.25, 0.3) is 0 Å². The van der Waals surface area contributed by atoms with Gasteiger partial charge in [-0.2, -0.15) is 0 Å². The van der Waals surface area contributed by atoms with Gasteiger partial charge in [-0.25, -0.2) is 0 Å². The maximum atomic E-state index is 9.25. The molecule has 0 bridgehead atoms. The van der Waals surface area contributed by atoms with Gasteiger partial charge in [0.05, 0.1) is 12.2 Å². The molecule has 1 fully saturated rings.